The lowest BCUT2D eigenvalue weighted by Crippen LogP contribution is -2.37. The molecule has 0 bridgehead atoms. The first kappa shape index (κ1) is 22.7. The number of hydrogen-bond donors (Lipinski definition) is 3. The zero-order valence-corrected chi connectivity index (χ0v) is 18.2. The minimum atomic E-state index is -0.816. The van der Waals surface area contributed by atoms with Gasteiger partial charge in [-0.15, -0.1) is 0 Å². The summed E-state index contributed by atoms with van der Waals surface area (Å²) in [6.45, 7) is 4.65. The summed E-state index contributed by atoms with van der Waals surface area (Å²) >= 11 is 0. The normalized spacial score (nSPS) is 11.3. The van der Waals surface area contributed by atoms with Crippen molar-refractivity contribution in [3.8, 4) is 0 Å². The molecule has 0 fully saturated rings. The van der Waals surface area contributed by atoms with Crippen LogP contribution < -0.4 is 16.0 Å². The van der Waals surface area contributed by atoms with E-state index in [0.717, 1.165) is 16.7 Å². The van der Waals surface area contributed by atoms with E-state index >= 15 is 0 Å². The van der Waals surface area contributed by atoms with E-state index in [2.05, 4.69) is 16.0 Å². The van der Waals surface area contributed by atoms with E-state index < -0.39 is 11.8 Å². The van der Waals surface area contributed by atoms with E-state index in [1.165, 1.54) is 0 Å². The van der Waals surface area contributed by atoms with Crippen molar-refractivity contribution in [2.75, 3.05) is 11.9 Å². The van der Waals surface area contributed by atoms with Crippen molar-refractivity contribution in [1.82, 2.24) is 10.6 Å². The molecular formula is C26H27N3O3. The van der Waals surface area contributed by atoms with Gasteiger partial charge >= 0.3 is 11.8 Å². The lowest BCUT2D eigenvalue weighted by Gasteiger charge is -2.14. The van der Waals surface area contributed by atoms with Gasteiger partial charge in [-0.2, -0.15) is 0 Å². The molecule has 0 saturated heterocycles. The number of hydrogen-bond acceptors (Lipinski definition) is 3. The maximum atomic E-state index is 12.7. The van der Waals surface area contributed by atoms with Crippen molar-refractivity contribution in [2.24, 2.45) is 0 Å². The van der Waals surface area contributed by atoms with Gasteiger partial charge in [-0.3, -0.25) is 14.4 Å². The third kappa shape index (κ3) is 6.28. The third-order valence-electron chi connectivity index (χ3n) is 5.10. The van der Waals surface area contributed by atoms with Crippen molar-refractivity contribution in [2.45, 2.75) is 26.3 Å². The Hall–Kier alpha value is -3.93. The van der Waals surface area contributed by atoms with E-state index in [1.807, 2.05) is 68.4 Å². The molecule has 0 radical (unpaired) electrons. The number of anilines is 1. The molecule has 0 aromatic heterocycles. The van der Waals surface area contributed by atoms with Gasteiger partial charge in [0.25, 0.3) is 5.91 Å². The summed E-state index contributed by atoms with van der Waals surface area (Å²) in [6.07, 6.45) is 0. The molecule has 3 aromatic rings. The maximum absolute atomic E-state index is 12.7. The molecule has 0 aliphatic rings. The smallest absolute Gasteiger partial charge is 0.313 e. The SMILES string of the molecule is Cc1cccc(CNC(=O)c2ccccc2NC(=O)C(=O)NC[C@@H](C)c2ccccc2)c1. The molecule has 0 heterocycles. The monoisotopic (exact) mass is 429 g/mol. The van der Waals surface area contributed by atoms with Gasteiger partial charge in [-0.25, -0.2) is 0 Å². The van der Waals surface area contributed by atoms with Crippen LogP contribution in [0.1, 0.15) is 39.9 Å². The molecule has 164 valence electrons. The second-order valence-corrected chi connectivity index (χ2v) is 7.69. The second-order valence-electron chi connectivity index (χ2n) is 7.69. The molecule has 3 N–H and O–H groups in total. The Morgan fingerprint density at radius 2 is 1.53 bits per heavy atom. The van der Waals surface area contributed by atoms with Crippen LogP contribution in [0.25, 0.3) is 0 Å². The molecule has 32 heavy (non-hydrogen) atoms. The summed E-state index contributed by atoms with van der Waals surface area (Å²) in [5, 5.41) is 8.05. The van der Waals surface area contributed by atoms with Crippen molar-refractivity contribution >= 4 is 23.4 Å². The van der Waals surface area contributed by atoms with Crippen LogP contribution in [0.4, 0.5) is 5.69 Å². The largest absolute Gasteiger partial charge is 0.348 e. The first-order chi connectivity index (χ1) is 15.4. The fourth-order valence-electron chi connectivity index (χ4n) is 3.29. The molecule has 3 amide bonds. The highest BCUT2D eigenvalue weighted by atomic mass is 16.2. The van der Waals surface area contributed by atoms with Gasteiger partial charge in [-0.1, -0.05) is 79.2 Å². The molecule has 0 unspecified atom stereocenters. The van der Waals surface area contributed by atoms with Gasteiger partial charge in [0, 0.05) is 13.1 Å². The summed E-state index contributed by atoms with van der Waals surface area (Å²) < 4.78 is 0. The molecule has 6 nitrogen and oxygen atoms in total. The van der Waals surface area contributed by atoms with Crippen molar-refractivity contribution < 1.29 is 14.4 Å². The fraction of sp³-hybridized carbons (Fsp3) is 0.192. The molecule has 3 aromatic carbocycles. The third-order valence-corrected chi connectivity index (χ3v) is 5.10. The average Bonchev–Trinajstić information content (AvgIpc) is 2.81. The topological polar surface area (TPSA) is 87.3 Å². The first-order valence-electron chi connectivity index (χ1n) is 10.5. The molecule has 3 rings (SSSR count). The lowest BCUT2D eigenvalue weighted by molar-refractivity contribution is -0.136. The fourth-order valence-corrected chi connectivity index (χ4v) is 3.29. The van der Waals surface area contributed by atoms with Crippen molar-refractivity contribution in [1.29, 1.82) is 0 Å². The van der Waals surface area contributed by atoms with E-state index in [9.17, 15) is 14.4 Å². The summed E-state index contributed by atoms with van der Waals surface area (Å²) in [5.74, 6) is -1.83. The number of amides is 3. The van der Waals surface area contributed by atoms with E-state index in [-0.39, 0.29) is 17.5 Å². The van der Waals surface area contributed by atoms with Gasteiger partial charge in [0.15, 0.2) is 0 Å². The molecule has 6 heteroatoms. The van der Waals surface area contributed by atoms with Crippen LogP contribution in [0, 0.1) is 6.92 Å². The summed E-state index contributed by atoms with van der Waals surface area (Å²) in [7, 11) is 0. The average molecular weight is 430 g/mol. The molecular weight excluding hydrogens is 402 g/mol. The maximum Gasteiger partial charge on any atom is 0.313 e. The quantitative estimate of drug-likeness (QED) is 0.500. The summed E-state index contributed by atoms with van der Waals surface area (Å²) in [6, 6.07) is 24.2. The number of para-hydroxylation sites is 1. The molecule has 0 aliphatic heterocycles. The Balaban J connectivity index is 1.57. The molecule has 1 atom stereocenters. The highest BCUT2D eigenvalue weighted by Crippen LogP contribution is 2.16. The Bertz CT molecular complexity index is 1100. The van der Waals surface area contributed by atoms with Gasteiger partial charge < -0.3 is 16.0 Å². The van der Waals surface area contributed by atoms with Crippen LogP contribution in [0.3, 0.4) is 0 Å². The van der Waals surface area contributed by atoms with E-state index in [0.29, 0.717) is 18.7 Å². The number of carbonyl (C=O) groups is 3. The second kappa shape index (κ2) is 10.9. The predicted molar refractivity (Wildman–Crippen MR) is 125 cm³/mol. The van der Waals surface area contributed by atoms with Crippen molar-refractivity contribution in [3.05, 3.63) is 101 Å². The van der Waals surface area contributed by atoms with Crippen molar-refractivity contribution in [3.63, 3.8) is 0 Å². The number of nitrogens with one attached hydrogen (secondary N) is 3. The first-order valence-corrected chi connectivity index (χ1v) is 10.5. The molecule has 0 saturated carbocycles. The zero-order chi connectivity index (χ0) is 22.9. The van der Waals surface area contributed by atoms with Gasteiger partial charge in [-0.05, 0) is 36.1 Å². The van der Waals surface area contributed by atoms with Gasteiger partial charge in [0.2, 0.25) is 0 Å². The van der Waals surface area contributed by atoms with Crippen LogP contribution in [-0.4, -0.2) is 24.3 Å². The Morgan fingerprint density at radius 1 is 0.812 bits per heavy atom. The molecule has 0 spiro atoms. The van der Waals surface area contributed by atoms with E-state index in [4.69, 9.17) is 0 Å². The highest BCUT2D eigenvalue weighted by Gasteiger charge is 2.18. The number of benzene rings is 3. The van der Waals surface area contributed by atoms with Crippen LogP contribution in [-0.2, 0) is 16.1 Å². The lowest BCUT2D eigenvalue weighted by atomic mass is 10.0. The Kier molecular flexibility index (Phi) is 7.75. The highest BCUT2D eigenvalue weighted by molar-refractivity contribution is 6.40. The zero-order valence-electron chi connectivity index (χ0n) is 18.2. The minimum absolute atomic E-state index is 0.0626. The Labute approximate surface area is 188 Å². The molecule has 0 aliphatic carbocycles. The minimum Gasteiger partial charge on any atom is -0.348 e. The van der Waals surface area contributed by atoms with Crippen LogP contribution in [0.15, 0.2) is 78.9 Å². The number of rotatable bonds is 7. The van der Waals surface area contributed by atoms with Crippen LogP contribution >= 0.6 is 0 Å². The summed E-state index contributed by atoms with van der Waals surface area (Å²) in [5.41, 5.74) is 3.73. The summed E-state index contributed by atoms with van der Waals surface area (Å²) in [4.78, 5) is 37.4. The van der Waals surface area contributed by atoms with Gasteiger partial charge in [0.05, 0.1) is 11.3 Å². The standard InChI is InChI=1S/C26H27N3O3/c1-18-9-8-10-20(15-18)17-28-24(30)22-13-6-7-14-23(22)29-26(32)25(31)27-16-19(2)21-11-4-3-5-12-21/h3-15,19H,16-17H2,1-2H3,(H,27,31)(H,28,30)(H,29,32)/t19-/m1/s1. The van der Waals surface area contributed by atoms with E-state index in [1.54, 1.807) is 24.3 Å². The van der Waals surface area contributed by atoms with Crippen LogP contribution in [0.5, 0.6) is 0 Å². The number of carbonyl (C=O) groups excluding carboxylic acids is 3. The van der Waals surface area contributed by atoms with Gasteiger partial charge in [0.1, 0.15) is 0 Å². The number of aryl methyl sites for hydroxylation is 1. The Morgan fingerprint density at radius 3 is 2.28 bits per heavy atom. The predicted octanol–water partition coefficient (Wildman–Crippen LogP) is 3.78. The van der Waals surface area contributed by atoms with Crippen LogP contribution in [0.2, 0.25) is 0 Å².